The molecule has 0 radical (unpaired) electrons. The van der Waals surface area contributed by atoms with Crippen LogP contribution in [0.15, 0.2) is 47.5 Å². The number of nitrogens with one attached hydrogen (secondary N) is 2. The molecule has 0 saturated heterocycles. The Morgan fingerprint density at radius 1 is 1.17 bits per heavy atom. The van der Waals surface area contributed by atoms with Gasteiger partial charge in [0.15, 0.2) is 0 Å². The molecule has 0 aliphatic rings. The van der Waals surface area contributed by atoms with Gasteiger partial charge in [0.25, 0.3) is 5.56 Å². The summed E-state index contributed by atoms with van der Waals surface area (Å²) in [6.45, 7) is 3.31. The predicted molar refractivity (Wildman–Crippen MR) is 89.4 cm³/mol. The molecule has 0 aliphatic heterocycles. The van der Waals surface area contributed by atoms with Gasteiger partial charge in [0.1, 0.15) is 0 Å². The molecule has 2 amide bonds. The fourth-order valence-electron chi connectivity index (χ4n) is 2.14. The fraction of sp³-hybridized carbons (Fsp3) is 0.353. The normalized spacial score (nSPS) is 10.3. The minimum absolute atomic E-state index is 0.0943. The summed E-state index contributed by atoms with van der Waals surface area (Å²) in [6, 6.07) is 11.3. The van der Waals surface area contributed by atoms with Gasteiger partial charge in [-0.1, -0.05) is 37.3 Å². The Hall–Kier alpha value is -2.63. The Kier molecular flexibility index (Phi) is 6.35. The van der Waals surface area contributed by atoms with Crippen molar-refractivity contribution in [3.8, 4) is 0 Å². The predicted octanol–water partition coefficient (Wildman–Crippen LogP) is 1.35. The van der Waals surface area contributed by atoms with Gasteiger partial charge in [-0.25, -0.2) is 9.78 Å². The summed E-state index contributed by atoms with van der Waals surface area (Å²) < 4.78 is 1.49. The van der Waals surface area contributed by atoms with Crippen LogP contribution in [0.3, 0.4) is 0 Å². The van der Waals surface area contributed by atoms with Crippen molar-refractivity contribution in [3.05, 3.63) is 64.3 Å². The molecular weight excluding hydrogens is 292 g/mol. The molecule has 6 heteroatoms. The Morgan fingerprint density at radius 3 is 2.61 bits per heavy atom. The molecule has 1 heterocycles. The maximum Gasteiger partial charge on any atom is 0.314 e. The number of benzene rings is 1. The van der Waals surface area contributed by atoms with Gasteiger partial charge in [-0.05, 0) is 18.4 Å². The number of urea groups is 1. The van der Waals surface area contributed by atoms with Crippen LogP contribution in [0, 0.1) is 0 Å². The van der Waals surface area contributed by atoms with E-state index in [0.717, 1.165) is 18.5 Å². The molecule has 1 aromatic carbocycles. The van der Waals surface area contributed by atoms with Crippen LogP contribution in [-0.2, 0) is 19.4 Å². The van der Waals surface area contributed by atoms with Crippen LogP contribution in [0.4, 0.5) is 4.79 Å². The second-order valence-electron chi connectivity index (χ2n) is 5.18. The fourth-order valence-corrected chi connectivity index (χ4v) is 2.14. The maximum atomic E-state index is 11.8. The van der Waals surface area contributed by atoms with Crippen molar-refractivity contribution in [2.24, 2.45) is 0 Å². The van der Waals surface area contributed by atoms with Gasteiger partial charge in [0.2, 0.25) is 0 Å². The lowest BCUT2D eigenvalue weighted by Gasteiger charge is -2.09. The molecule has 0 bridgehead atoms. The quantitative estimate of drug-likeness (QED) is 0.810. The molecule has 0 saturated carbocycles. The summed E-state index contributed by atoms with van der Waals surface area (Å²) >= 11 is 0. The van der Waals surface area contributed by atoms with Gasteiger partial charge >= 0.3 is 6.03 Å². The van der Waals surface area contributed by atoms with Gasteiger partial charge in [-0.3, -0.25) is 9.36 Å². The van der Waals surface area contributed by atoms with Gasteiger partial charge in [-0.2, -0.15) is 0 Å². The SMILES string of the molecule is CCc1cc(=O)n(CCNC(=O)NCCc2ccccc2)cn1. The number of carbonyl (C=O) groups is 1. The summed E-state index contributed by atoms with van der Waals surface area (Å²) in [7, 11) is 0. The molecule has 2 rings (SSSR count). The first kappa shape index (κ1) is 16.7. The molecule has 0 spiro atoms. The van der Waals surface area contributed by atoms with Crippen molar-refractivity contribution in [2.45, 2.75) is 26.3 Å². The van der Waals surface area contributed by atoms with Crippen molar-refractivity contribution in [2.75, 3.05) is 13.1 Å². The molecule has 2 N–H and O–H groups in total. The third-order valence-electron chi connectivity index (χ3n) is 3.48. The van der Waals surface area contributed by atoms with Crippen molar-refractivity contribution in [1.82, 2.24) is 20.2 Å². The number of rotatable bonds is 7. The third kappa shape index (κ3) is 5.58. The van der Waals surface area contributed by atoms with Crippen LogP contribution >= 0.6 is 0 Å². The average molecular weight is 314 g/mol. The van der Waals surface area contributed by atoms with E-state index in [9.17, 15) is 9.59 Å². The highest BCUT2D eigenvalue weighted by Crippen LogP contribution is 1.97. The maximum absolute atomic E-state index is 11.8. The molecule has 122 valence electrons. The van der Waals surface area contributed by atoms with Crippen LogP contribution in [0.5, 0.6) is 0 Å². The second kappa shape index (κ2) is 8.73. The number of aromatic nitrogens is 2. The number of carbonyl (C=O) groups excluding carboxylic acids is 1. The molecular formula is C17H22N4O2. The van der Waals surface area contributed by atoms with Crippen LogP contribution in [0.2, 0.25) is 0 Å². The highest BCUT2D eigenvalue weighted by Gasteiger charge is 2.02. The summed E-state index contributed by atoms with van der Waals surface area (Å²) in [6.07, 6.45) is 3.05. The minimum atomic E-state index is -0.230. The van der Waals surface area contributed by atoms with Crippen molar-refractivity contribution >= 4 is 6.03 Å². The van der Waals surface area contributed by atoms with Crippen molar-refractivity contribution < 1.29 is 4.79 Å². The molecule has 0 unspecified atom stereocenters. The first-order chi connectivity index (χ1) is 11.2. The van der Waals surface area contributed by atoms with E-state index in [1.54, 1.807) is 0 Å². The van der Waals surface area contributed by atoms with Crippen molar-refractivity contribution in [1.29, 1.82) is 0 Å². The Morgan fingerprint density at radius 2 is 1.91 bits per heavy atom. The third-order valence-corrected chi connectivity index (χ3v) is 3.48. The van der Waals surface area contributed by atoms with E-state index in [4.69, 9.17) is 0 Å². The monoisotopic (exact) mass is 314 g/mol. The zero-order valence-corrected chi connectivity index (χ0v) is 13.3. The zero-order valence-electron chi connectivity index (χ0n) is 13.3. The number of aryl methyl sites for hydroxylation is 1. The Balaban J connectivity index is 1.67. The summed E-state index contributed by atoms with van der Waals surface area (Å²) in [4.78, 5) is 27.7. The smallest absolute Gasteiger partial charge is 0.314 e. The van der Waals surface area contributed by atoms with E-state index in [1.807, 2.05) is 37.3 Å². The van der Waals surface area contributed by atoms with E-state index in [1.165, 1.54) is 22.5 Å². The van der Waals surface area contributed by atoms with Crippen LogP contribution in [0.1, 0.15) is 18.2 Å². The van der Waals surface area contributed by atoms with Gasteiger partial charge in [0.05, 0.1) is 6.33 Å². The number of hydrogen-bond donors (Lipinski definition) is 2. The largest absolute Gasteiger partial charge is 0.338 e. The van der Waals surface area contributed by atoms with E-state index in [2.05, 4.69) is 15.6 Å². The molecule has 0 fully saturated rings. The minimum Gasteiger partial charge on any atom is -0.338 e. The number of hydrogen-bond acceptors (Lipinski definition) is 3. The number of amides is 2. The van der Waals surface area contributed by atoms with Gasteiger partial charge < -0.3 is 10.6 Å². The average Bonchev–Trinajstić information content (AvgIpc) is 2.57. The molecule has 0 atom stereocenters. The Labute approximate surface area is 135 Å². The molecule has 2 aromatic rings. The van der Waals surface area contributed by atoms with Crippen LogP contribution in [0.25, 0.3) is 0 Å². The topological polar surface area (TPSA) is 76.0 Å². The summed E-state index contributed by atoms with van der Waals surface area (Å²) in [5.41, 5.74) is 1.86. The molecule has 6 nitrogen and oxygen atoms in total. The van der Waals surface area contributed by atoms with E-state index in [-0.39, 0.29) is 11.6 Å². The molecule has 23 heavy (non-hydrogen) atoms. The second-order valence-corrected chi connectivity index (χ2v) is 5.18. The van der Waals surface area contributed by atoms with E-state index in [0.29, 0.717) is 19.6 Å². The zero-order chi connectivity index (χ0) is 16.5. The Bertz CT molecular complexity index is 682. The van der Waals surface area contributed by atoms with Crippen LogP contribution in [-0.4, -0.2) is 28.7 Å². The highest BCUT2D eigenvalue weighted by atomic mass is 16.2. The standard InChI is InChI=1S/C17H22N4O2/c1-2-15-12-16(22)21(13-20-15)11-10-19-17(23)18-9-8-14-6-4-3-5-7-14/h3-7,12-13H,2,8-11H2,1H3,(H2,18,19,23). The highest BCUT2D eigenvalue weighted by molar-refractivity contribution is 5.73. The first-order valence-corrected chi connectivity index (χ1v) is 7.80. The first-order valence-electron chi connectivity index (χ1n) is 7.80. The number of nitrogens with zero attached hydrogens (tertiary/aromatic N) is 2. The van der Waals surface area contributed by atoms with Crippen molar-refractivity contribution in [3.63, 3.8) is 0 Å². The lowest BCUT2D eigenvalue weighted by Crippen LogP contribution is -2.39. The van der Waals surface area contributed by atoms with Gasteiger partial charge in [-0.15, -0.1) is 0 Å². The molecule has 1 aromatic heterocycles. The van der Waals surface area contributed by atoms with Gasteiger partial charge in [0, 0.05) is 31.4 Å². The summed E-state index contributed by atoms with van der Waals surface area (Å²) in [5, 5.41) is 5.53. The summed E-state index contributed by atoms with van der Waals surface area (Å²) in [5.74, 6) is 0. The van der Waals surface area contributed by atoms with Crippen LogP contribution < -0.4 is 16.2 Å². The van der Waals surface area contributed by atoms with E-state index < -0.39 is 0 Å². The lowest BCUT2D eigenvalue weighted by atomic mass is 10.1. The lowest BCUT2D eigenvalue weighted by molar-refractivity contribution is 0.240. The van der Waals surface area contributed by atoms with E-state index >= 15 is 0 Å². The molecule has 0 aliphatic carbocycles.